The average Bonchev–Trinajstić information content (AvgIpc) is 2.98. The average molecular weight is 342 g/mol. The summed E-state index contributed by atoms with van der Waals surface area (Å²) < 4.78 is 3.20. The number of halogens is 1. The number of hydrogen-bond acceptors (Lipinski definition) is 3. The zero-order valence-corrected chi connectivity index (χ0v) is 12.0. The van der Waals surface area contributed by atoms with Crippen molar-refractivity contribution in [2.45, 2.75) is 19.8 Å². The van der Waals surface area contributed by atoms with Crippen molar-refractivity contribution in [2.24, 2.45) is 5.92 Å². The molecule has 0 radical (unpaired) electrons. The van der Waals surface area contributed by atoms with Gasteiger partial charge in [0.1, 0.15) is 0 Å². The number of aromatic nitrogens is 3. The Morgan fingerprint density at radius 2 is 2.35 bits per heavy atom. The molecule has 0 saturated carbocycles. The minimum atomic E-state index is 0.814. The molecular formula is C12H15IN4. The van der Waals surface area contributed by atoms with Crippen LogP contribution in [0.2, 0.25) is 0 Å². The predicted octanol–water partition coefficient (Wildman–Crippen LogP) is 2.57. The van der Waals surface area contributed by atoms with E-state index in [9.17, 15) is 0 Å². The minimum absolute atomic E-state index is 0.814. The predicted molar refractivity (Wildman–Crippen MR) is 76.3 cm³/mol. The highest BCUT2D eigenvalue weighted by Gasteiger charge is 2.23. The Morgan fingerprint density at radius 1 is 1.47 bits per heavy atom. The van der Waals surface area contributed by atoms with Crippen molar-refractivity contribution in [1.29, 1.82) is 0 Å². The van der Waals surface area contributed by atoms with Crippen LogP contribution in [0.25, 0.3) is 5.65 Å². The van der Waals surface area contributed by atoms with E-state index in [1.807, 2.05) is 18.6 Å². The fraction of sp³-hybridized carbons (Fsp3) is 0.500. The second-order valence-corrected chi connectivity index (χ2v) is 5.70. The van der Waals surface area contributed by atoms with Gasteiger partial charge in [0.15, 0.2) is 5.65 Å². The number of nitrogens with zero attached hydrogens (tertiary/aromatic N) is 4. The van der Waals surface area contributed by atoms with Crippen LogP contribution in [0.4, 0.5) is 5.95 Å². The Morgan fingerprint density at radius 3 is 3.12 bits per heavy atom. The van der Waals surface area contributed by atoms with Gasteiger partial charge in [0.2, 0.25) is 5.95 Å². The van der Waals surface area contributed by atoms with Crippen LogP contribution in [0, 0.1) is 9.49 Å². The van der Waals surface area contributed by atoms with Crippen molar-refractivity contribution < 1.29 is 0 Å². The van der Waals surface area contributed by atoms with Crippen LogP contribution in [0.1, 0.15) is 19.8 Å². The Labute approximate surface area is 114 Å². The van der Waals surface area contributed by atoms with E-state index in [1.54, 1.807) is 0 Å². The standard InChI is InChI=1S/C12H15IN4/c1-2-9-3-5-16(8-9)12-15-7-10(13)11-14-4-6-17(11)12/h4,6-7,9H,2-3,5,8H2,1H3. The van der Waals surface area contributed by atoms with Crippen molar-refractivity contribution >= 4 is 34.2 Å². The molecule has 3 heterocycles. The van der Waals surface area contributed by atoms with E-state index in [1.165, 1.54) is 12.8 Å². The fourth-order valence-corrected chi connectivity index (χ4v) is 3.00. The molecular weight excluding hydrogens is 327 g/mol. The first-order chi connectivity index (χ1) is 8.29. The lowest BCUT2D eigenvalue weighted by atomic mass is 10.1. The van der Waals surface area contributed by atoms with Gasteiger partial charge in [-0.3, -0.25) is 4.40 Å². The third-order valence-corrected chi connectivity index (χ3v) is 4.27. The highest BCUT2D eigenvalue weighted by atomic mass is 127. The first-order valence-corrected chi connectivity index (χ1v) is 7.10. The van der Waals surface area contributed by atoms with Gasteiger partial charge in [0, 0.05) is 31.7 Å². The highest BCUT2D eigenvalue weighted by Crippen LogP contribution is 2.25. The largest absolute Gasteiger partial charge is 0.342 e. The summed E-state index contributed by atoms with van der Waals surface area (Å²) in [6.45, 7) is 4.50. The molecule has 0 N–H and O–H groups in total. The molecule has 3 rings (SSSR count). The van der Waals surface area contributed by atoms with Crippen LogP contribution < -0.4 is 4.90 Å². The molecule has 5 heteroatoms. The molecule has 1 aliphatic rings. The maximum absolute atomic E-state index is 4.57. The Balaban J connectivity index is 2.01. The van der Waals surface area contributed by atoms with Crippen LogP contribution >= 0.6 is 22.6 Å². The quantitative estimate of drug-likeness (QED) is 0.787. The minimum Gasteiger partial charge on any atom is -0.342 e. The summed E-state index contributed by atoms with van der Waals surface area (Å²) in [5.74, 6) is 1.85. The third-order valence-electron chi connectivity index (χ3n) is 3.51. The second-order valence-electron chi connectivity index (χ2n) is 4.54. The Kier molecular flexibility index (Phi) is 2.94. The van der Waals surface area contributed by atoms with Gasteiger partial charge < -0.3 is 4.90 Å². The van der Waals surface area contributed by atoms with Crippen molar-refractivity contribution in [1.82, 2.24) is 14.4 Å². The molecule has 1 fully saturated rings. The number of imidazole rings is 1. The fourth-order valence-electron chi connectivity index (χ4n) is 2.46. The molecule has 1 atom stereocenters. The number of anilines is 1. The Bertz CT molecular complexity index is 536. The molecule has 17 heavy (non-hydrogen) atoms. The van der Waals surface area contributed by atoms with Crippen LogP contribution in [-0.4, -0.2) is 27.5 Å². The zero-order chi connectivity index (χ0) is 11.8. The smallest absolute Gasteiger partial charge is 0.211 e. The number of hydrogen-bond donors (Lipinski definition) is 0. The van der Waals surface area contributed by atoms with Gasteiger partial charge in [-0.25, -0.2) is 9.97 Å². The van der Waals surface area contributed by atoms with Gasteiger partial charge in [0.25, 0.3) is 0 Å². The van der Waals surface area contributed by atoms with Crippen molar-refractivity contribution in [3.63, 3.8) is 0 Å². The van der Waals surface area contributed by atoms with E-state index in [0.717, 1.165) is 34.2 Å². The topological polar surface area (TPSA) is 33.4 Å². The van der Waals surface area contributed by atoms with Crippen LogP contribution in [0.5, 0.6) is 0 Å². The van der Waals surface area contributed by atoms with Gasteiger partial charge >= 0.3 is 0 Å². The lowest BCUT2D eigenvalue weighted by Gasteiger charge is -2.18. The zero-order valence-electron chi connectivity index (χ0n) is 9.80. The first kappa shape index (κ1) is 11.3. The summed E-state index contributed by atoms with van der Waals surface area (Å²) in [6.07, 6.45) is 8.29. The summed E-state index contributed by atoms with van der Waals surface area (Å²) in [6, 6.07) is 0. The lowest BCUT2D eigenvalue weighted by Crippen LogP contribution is -2.23. The van der Waals surface area contributed by atoms with Gasteiger partial charge in [-0.1, -0.05) is 13.3 Å². The van der Waals surface area contributed by atoms with E-state index >= 15 is 0 Å². The van der Waals surface area contributed by atoms with Gasteiger partial charge in [-0.05, 0) is 34.9 Å². The van der Waals surface area contributed by atoms with Crippen LogP contribution in [0.3, 0.4) is 0 Å². The van der Waals surface area contributed by atoms with E-state index in [4.69, 9.17) is 0 Å². The molecule has 0 aromatic carbocycles. The molecule has 0 amide bonds. The van der Waals surface area contributed by atoms with Gasteiger partial charge in [-0.2, -0.15) is 0 Å². The molecule has 1 saturated heterocycles. The molecule has 2 aromatic heterocycles. The normalized spacial score (nSPS) is 20.4. The number of rotatable bonds is 2. The van der Waals surface area contributed by atoms with E-state index < -0.39 is 0 Å². The molecule has 1 aliphatic heterocycles. The lowest BCUT2D eigenvalue weighted by molar-refractivity contribution is 0.568. The third kappa shape index (κ3) is 1.90. The summed E-state index contributed by atoms with van der Waals surface area (Å²) in [5, 5.41) is 0. The van der Waals surface area contributed by atoms with E-state index in [0.29, 0.717) is 0 Å². The molecule has 2 aromatic rings. The SMILES string of the molecule is CCC1CCN(c2ncc(I)c3nccn23)C1. The van der Waals surface area contributed by atoms with Gasteiger partial charge in [-0.15, -0.1) is 0 Å². The summed E-state index contributed by atoms with van der Waals surface area (Å²) in [5.41, 5.74) is 1.01. The maximum Gasteiger partial charge on any atom is 0.211 e. The molecule has 0 spiro atoms. The maximum atomic E-state index is 4.57. The molecule has 0 bridgehead atoms. The Hall–Kier alpha value is -0.850. The highest BCUT2D eigenvalue weighted by molar-refractivity contribution is 14.1. The van der Waals surface area contributed by atoms with Crippen LogP contribution in [-0.2, 0) is 0 Å². The van der Waals surface area contributed by atoms with Crippen molar-refractivity contribution in [3.05, 3.63) is 22.2 Å². The second kappa shape index (κ2) is 4.44. The summed E-state index contributed by atoms with van der Waals surface area (Å²) in [7, 11) is 0. The van der Waals surface area contributed by atoms with Crippen molar-refractivity contribution in [3.8, 4) is 0 Å². The first-order valence-electron chi connectivity index (χ1n) is 6.02. The summed E-state index contributed by atoms with van der Waals surface area (Å²) in [4.78, 5) is 11.3. The van der Waals surface area contributed by atoms with Gasteiger partial charge in [0.05, 0.1) is 3.57 Å². The molecule has 90 valence electrons. The van der Waals surface area contributed by atoms with Crippen molar-refractivity contribution in [2.75, 3.05) is 18.0 Å². The molecule has 0 aliphatic carbocycles. The van der Waals surface area contributed by atoms with E-state index in [2.05, 4.69) is 48.8 Å². The number of fused-ring (bicyclic) bond motifs is 1. The molecule has 4 nitrogen and oxygen atoms in total. The molecule has 1 unspecified atom stereocenters. The summed E-state index contributed by atoms with van der Waals surface area (Å²) >= 11 is 2.28. The van der Waals surface area contributed by atoms with E-state index in [-0.39, 0.29) is 0 Å². The monoisotopic (exact) mass is 342 g/mol. The van der Waals surface area contributed by atoms with Crippen LogP contribution in [0.15, 0.2) is 18.6 Å².